The topological polar surface area (TPSA) is 281 Å². The van der Waals surface area contributed by atoms with Crippen molar-refractivity contribution in [1.29, 1.82) is 0 Å². The second-order valence-corrected chi connectivity index (χ2v) is 20.6. The van der Waals surface area contributed by atoms with Gasteiger partial charge in [-0.3, -0.25) is 39.0 Å². The number of rotatable bonds is 9. The number of ether oxygens (including phenoxy) is 8. The van der Waals surface area contributed by atoms with Crippen LogP contribution >= 0.6 is 0 Å². The van der Waals surface area contributed by atoms with Gasteiger partial charge in [0.2, 0.25) is 11.7 Å². The van der Waals surface area contributed by atoms with E-state index >= 15 is 0 Å². The SMILES string of the molecule is CC(=O)O[C@H]1[C@H](C)[C@H](O)[C@H](C)[C@@H](O)[C@@H](C(C)OC(=O)C(C)(C)CC(=O)NN(C)C)/C=C/C=C(/C)C(=O)NC2=CC(=O)c3c(c(O)c(C)c4c3C(=O)[C@@](C)(O/C=C/[C@H](O[C@H]3C[C@@H]5OCO[C@@H]5[C@@H](C)O3)[C@H]1C)O4)C2=O. The maximum absolute atomic E-state index is 14.4. The summed E-state index contributed by atoms with van der Waals surface area (Å²) in [6.07, 6.45) is -0.855. The molecule has 400 valence electrons. The van der Waals surface area contributed by atoms with Gasteiger partial charge in [0.25, 0.3) is 11.7 Å². The number of amides is 2. The molecule has 7 rings (SSSR count). The Morgan fingerprint density at radius 3 is 2.32 bits per heavy atom. The number of nitrogens with zero attached hydrogens (tertiary/aromatic N) is 1. The fourth-order valence-corrected chi connectivity index (χ4v) is 9.80. The molecule has 2 saturated heterocycles. The third kappa shape index (κ3) is 11.9. The molecule has 5 aliphatic heterocycles. The minimum absolute atomic E-state index is 0.00354. The first-order valence-electron chi connectivity index (χ1n) is 24.3. The number of nitrogens with one attached hydrogen (secondary N) is 2. The van der Waals surface area contributed by atoms with E-state index in [9.17, 15) is 48.9 Å². The molecule has 5 N–H and O–H groups in total. The summed E-state index contributed by atoms with van der Waals surface area (Å²) in [5.41, 5.74) is -0.596. The van der Waals surface area contributed by atoms with E-state index in [1.807, 2.05) is 0 Å². The molecule has 1 aliphatic carbocycles. The molecule has 0 spiro atoms. The number of phenols is 1. The lowest BCUT2D eigenvalue weighted by Crippen LogP contribution is -2.50. The summed E-state index contributed by atoms with van der Waals surface area (Å²) < 4.78 is 48.3. The second-order valence-electron chi connectivity index (χ2n) is 20.6. The number of phenolic OH excluding ortho intramolecular Hbond substituents is 1. The minimum Gasteiger partial charge on any atom is -0.507 e. The molecule has 14 atom stereocenters. The molecule has 1 unspecified atom stereocenters. The van der Waals surface area contributed by atoms with Gasteiger partial charge < -0.3 is 58.5 Å². The summed E-state index contributed by atoms with van der Waals surface area (Å²) in [5.74, 6) is -12.5. The van der Waals surface area contributed by atoms with Gasteiger partial charge in [0.15, 0.2) is 12.1 Å². The highest BCUT2D eigenvalue weighted by atomic mass is 16.7. The van der Waals surface area contributed by atoms with E-state index in [0.717, 1.165) is 12.3 Å². The van der Waals surface area contributed by atoms with Gasteiger partial charge in [-0.2, -0.15) is 0 Å². The Morgan fingerprint density at radius 2 is 1.66 bits per heavy atom. The second kappa shape index (κ2) is 22.3. The molecule has 2 amide bonds. The van der Waals surface area contributed by atoms with Crippen LogP contribution in [-0.4, -0.2) is 143 Å². The quantitative estimate of drug-likeness (QED) is 0.174. The minimum atomic E-state index is -2.18. The van der Waals surface area contributed by atoms with Crippen LogP contribution < -0.4 is 15.5 Å². The van der Waals surface area contributed by atoms with Gasteiger partial charge in [-0.1, -0.05) is 39.0 Å². The van der Waals surface area contributed by atoms with Crippen molar-refractivity contribution >= 4 is 41.1 Å². The van der Waals surface area contributed by atoms with Crippen molar-refractivity contribution in [2.75, 3.05) is 20.9 Å². The van der Waals surface area contributed by atoms with Crippen molar-refractivity contribution in [3.8, 4) is 11.5 Å². The molecule has 0 radical (unpaired) electrons. The van der Waals surface area contributed by atoms with Crippen molar-refractivity contribution < 1.29 is 86.8 Å². The number of aliphatic hydroxyl groups excluding tert-OH is 2. The Balaban J connectivity index is 1.44. The van der Waals surface area contributed by atoms with Crippen LogP contribution in [0.2, 0.25) is 0 Å². The highest BCUT2D eigenvalue weighted by molar-refractivity contribution is 6.30. The van der Waals surface area contributed by atoms with Crippen LogP contribution in [0, 0.1) is 36.0 Å². The summed E-state index contributed by atoms with van der Waals surface area (Å²) in [4.78, 5) is 95.4. The van der Waals surface area contributed by atoms with E-state index in [4.69, 9.17) is 37.9 Å². The van der Waals surface area contributed by atoms with Crippen LogP contribution in [0.3, 0.4) is 0 Å². The van der Waals surface area contributed by atoms with E-state index < -0.39 is 141 Å². The Bertz CT molecular complexity index is 2500. The maximum Gasteiger partial charge on any atom is 0.312 e. The third-order valence-electron chi connectivity index (χ3n) is 14.1. The molecule has 1 aromatic carbocycles. The van der Waals surface area contributed by atoms with Crippen molar-refractivity contribution in [2.45, 2.75) is 150 Å². The largest absolute Gasteiger partial charge is 0.507 e. The van der Waals surface area contributed by atoms with E-state index in [0.29, 0.717) is 0 Å². The molecule has 0 aromatic heterocycles. The Morgan fingerprint density at radius 1 is 0.973 bits per heavy atom. The molecule has 6 aliphatic rings. The van der Waals surface area contributed by atoms with E-state index in [-0.39, 0.29) is 54.3 Å². The molecule has 2 fully saturated rings. The number of aliphatic hydroxyl groups is 2. The number of hydrogen-bond donors (Lipinski definition) is 5. The fraction of sp³-hybridized carbons (Fsp3) is 0.596. The predicted octanol–water partition coefficient (Wildman–Crippen LogP) is 3.80. The average Bonchev–Trinajstić information content (AvgIpc) is 3.89. The molecule has 5 heterocycles. The summed E-state index contributed by atoms with van der Waals surface area (Å²) in [5, 5.41) is 39.8. The summed E-state index contributed by atoms with van der Waals surface area (Å²) in [7, 11) is 3.24. The zero-order chi connectivity index (χ0) is 54.2. The first kappa shape index (κ1) is 56.5. The number of carbonyl (C=O) groups is 7. The van der Waals surface area contributed by atoms with Crippen molar-refractivity contribution in [3.63, 3.8) is 0 Å². The number of benzene rings is 1. The third-order valence-corrected chi connectivity index (χ3v) is 14.1. The normalized spacial score (nSPS) is 34.0. The van der Waals surface area contributed by atoms with Crippen LogP contribution in [0.1, 0.15) is 119 Å². The molecule has 0 saturated carbocycles. The Kier molecular flexibility index (Phi) is 17.3. The number of carbonyl (C=O) groups excluding carboxylic acids is 7. The van der Waals surface area contributed by atoms with Crippen LogP contribution in [0.5, 0.6) is 11.5 Å². The van der Waals surface area contributed by atoms with Gasteiger partial charge in [0, 0.05) is 81.7 Å². The molecule has 5 bridgehead atoms. The summed E-state index contributed by atoms with van der Waals surface area (Å²) in [6.45, 7) is 16.6. The number of fused-ring (bicyclic) bond motifs is 15. The Hall–Kier alpha value is -5.81. The highest BCUT2D eigenvalue weighted by Crippen LogP contribution is 2.48. The van der Waals surface area contributed by atoms with Crippen LogP contribution in [0.25, 0.3) is 0 Å². The fourth-order valence-electron chi connectivity index (χ4n) is 9.80. The molecule has 1 aromatic rings. The van der Waals surface area contributed by atoms with Gasteiger partial charge in [-0.05, 0) is 47.6 Å². The lowest BCUT2D eigenvalue weighted by Gasteiger charge is -2.41. The molecular weight excluding hydrogens is 955 g/mol. The van der Waals surface area contributed by atoms with Gasteiger partial charge >= 0.3 is 17.7 Å². The lowest BCUT2D eigenvalue weighted by molar-refractivity contribution is -0.246. The highest BCUT2D eigenvalue weighted by Gasteiger charge is 2.52. The molecule has 73 heavy (non-hydrogen) atoms. The number of ketones is 3. The number of allylic oxidation sites excluding steroid dienone is 4. The molecular formula is C52H69N3O18. The number of aromatic hydroxyl groups is 1. The van der Waals surface area contributed by atoms with Crippen LogP contribution in [0.4, 0.5) is 0 Å². The zero-order valence-corrected chi connectivity index (χ0v) is 43.5. The zero-order valence-electron chi connectivity index (χ0n) is 43.5. The number of hydrazine groups is 1. The predicted molar refractivity (Wildman–Crippen MR) is 257 cm³/mol. The lowest BCUT2D eigenvalue weighted by atomic mass is 9.77. The van der Waals surface area contributed by atoms with Gasteiger partial charge in [-0.15, -0.1) is 0 Å². The van der Waals surface area contributed by atoms with E-state index in [1.165, 1.54) is 77.8 Å². The van der Waals surface area contributed by atoms with Crippen molar-refractivity contribution in [1.82, 2.24) is 15.8 Å². The summed E-state index contributed by atoms with van der Waals surface area (Å²) >= 11 is 0. The number of esters is 2. The smallest absolute Gasteiger partial charge is 0.312 e. The van der Waals surface area contributed by atoms with E-state index in [2.05, 4.69) is 10.7 Å². The standard InChI is InChI=1S/C52H69N3O18/c1-23-15-14-16-31(28(6)70-50(65)51(9,10)21-36(58)54-55(12)13)42(60)25(3)41(59)26(4)45(71-30(8)56)24(2)34(72-37-20-35-47(29(7)69-37)67-22-66-35)17-18-68-52(11)48(63)40-38-33(57)19-32(53-49(23)64)44(62)39(38)43(61)27(5)46(40)73-52/h14-19,24-26,28-29,31,34-35,37,41-42,45,47,59-61H,20-22H2,1-13H3,(H,53,64)(H,54,58)/b16-14+,18-17+,23-15-/t24-,25+,26-,28?,29-,31-,34+,35+,37+,41-,42-,45-,47-,52+/m1/s1. The van der Waals surface area contributed by atoms with E-state index in [1.54, 1.807) is 41.8 Å². The number of hydrogen-bond acceptors (Lipinski definition) is 19. The summed E-state index contributed by atoms with van der Waals surface area (Å²) in [6, 6.07) is 0. The monoisotopic (exact) mass is 1020 g/mol. The average molecular weight is 1020 g/mol. The Labute approximate surface area is 424 Å². The number of Topliss-reactive ketones (excluding diaryl/α,β-unsaturated/α-hetero) is 2. The van der Waals surface area contributed by atoms with Gasteiger partial charge in [-0.25, -0.2) is 5.01 Å². The first-order chi connectivity index (χ1) is 34.1. The van der Waals surface area contributed by atoms with Gasteiger partial charge in [0.05, 0.1) is 64.6 Å². The van der Waals surface area contributed by atoms with Crippen LogP contribution in [-0.2, 0) is 52.3 Å². The van der Waals surface area contributed by atoms with Gasteiger partial charge in [0.1, 0.15) is 36.6 Å². The first-order valence-corrected chi connectivity index (χ1v) is 24.3. The van der Waals surface area contributed by atoms with Crippen LogP contribution in [0.15, 0.2) is 47.9 Å². The van der Waals surface area contributed by atoms with Crippen molar-refractivity contribution in [3.05, 3.63) is 70.2 Å². The van der Waals surface area contributed by atoms with Crippen molar-refractivity contribution in [2.24, 2.45) is 29.1 Å². The maximum atomic E-state index is 14.4. The molecule has 21 nitrogen and oxygen atoms in total. The molecule has 21 heteroatoms.